The molecule has 76 valence electrons. The summed E-state index contributed by atoms with van der Waals surface area (Å²) in [6.07, 6.45) is 4.99. The van der Waals surface area contributed by atoms with E-state index < -0.39 is 0 Å². The lowest BCUT2D eigenvalue weighted by Crippen LogP contribution is -1.91. The van der Waals surface area contributed by atoms with E-state index in [4.69, 9.17) is 0 Å². The minimum atomic E-state index is 0.585. The van der Waals surface area contributed by atoms with Gasteiger partial charge in [0.05, 0.1) is 10.4 Å². The number of nitrogens with zero attached hydrogens (tertiary/aromatic N) is 4. The molecule has 3 aromatic heterocycles. The second kappa shape index (κ2) is 3.76. The smallest absolute Gasteiger partial charge is 0.218 e. The first-order chi connectivity index (χ1) is 7.92. The Hall–Kier alpha value is -2.19. The van der Waals surface area contributed by atoms with Crippen molar-refractivity contribution >= 4 is 17.1 Å². The number of aromatic nitrogens is 4. The van der Waals surface area contributed by atoms with Crippen LogP contribution in [0, 0.1) is 11.8 Å². The van der Waals surface area contributed by atoms with Gasteiger partial charge < -0.3 is 0 Å². The van der Waals surface area contributed by atoms with Crippen LogP contribution in [0.15, 0.2) is 36.2 Å². The highest BCUT2D eigenvalue weighted by molar-refractivity contribution is 7.10. The summed E-state index contributed by atoms with van der Waals surface area (Å²) < 4.78 is 1.61. The highest BCUT2D eigenvalue weighted by Gasteiger charge is 1.96. The monoisotopic (exact) mass is 226 g/mol. The summed E-state index contributed by atoms with van der Waals surface area (Å²) in [5.74, 6) is 6.69. The fourth-order valence-corrected chi connectivity index (χ4v) is 1.84. The molecule has 3 heterocycles. The van der Waals surface area contributed by atoms with Gasteiger partial charge in [-0.15, -0.1) is 11.3 Å². The van der Waals surface area contributed by atoms with Gasteiger partial charge >= 0.3 is 0 Å². The molecule has 0 amide bonds. The summed E-state index contributed by atoms with van der Waals surface area (Å²) in [5.41, 5.74) is 0.825. The van der Waals surface area contributed by atoms with E-state index in [1.807, 2.05) is 23.7 Å². The van der Waals surface area contributed by atoms with Gasteiger partial charge in [-0.2, -0.15) is 10.1 Å². The van der Waals surface area contributed by atoms with E-state index in [0.29, 0.717) is 5.78 Å². The first-order valence-corrected chi connectivity index (χ1v) is 5.51. The molecule has 0 N–H and O–H groups in total. The molecule has 3 rings (SSSR count). The van der Waals surface area contributed by atoms with Crippen LogP contribution in [0.1, 0.15) is 10.4 Å². The standard InChI is InChI=1S/C11H6N4S/c1-2-10(16-5-1)4-3-9-6-12-11-13-8-14-15(11)7-9/h1-2,5-8H. The molecule has 0 aliphatic rings. The van der Waals surface area contributed by atoms with Crippen molar-refractivity contribution in [1.29, 1.82) is 0 Å². The molecule has 16 heavy (non-hydrogen) atoms. The van der Waals surface area contributed by atoms with Gasteiger partial charge in [-0.3, -0.25) is 0 Å². The van der Waals surface area contributed by atoms with Gasteiger partial charge in [-0.05, 0) is 11.4 Å². The second-order valence-electron chi connectivity index (χ2n) is 3.07. The van der Waals surface area contributed by atoms with Gasteiger partial charge in [0.15, 0.2) is 0 Å². The Morgan fingerprint density at radius 3 is 3.12 bits per heavy atom. The van der Waals surface area contributed by atoms with E-state index >= 15 is 0 Å². The first-order valence-electron chi connectivity index (χ1n) is 4.63. The molecule has 0 bridgehead atoms. The quantitative estimate of drug-likeness (QED) is 0.547. The molecule has 3 aromatic rings. The molecule has 0 aromatic carbocycles. The van der Waals surface area contributed by atoms with E-state index in [2.05, 4.69) is 26.9 Å². The van der Waals surface area contributed by atoms with Crippen molar-refractivity contribution in [3.63, 3.8) is 0 Å². The van der Waals surface area contributed by atoms with Crippen molar-refractivity contribution in [2.75, 3.05) is 0 Å². The predicted octanol–water partition coefficient (Wildman–Crippen LogP) is 1.59. The molecule has 0 spiro atoms. The number of thiophene rings is 1. The Morgan fingerprint density at radius 2 is 2.25 bits per heavy atom. The molecule has 0 unspecified atom stereocenters. The van der Waals surface area contributed by atoms with E-state index in [1.165, 1.54) is 6.33 Å². The van der Waals surface area contributed by atoms with Gasteiger partial charge in [-0.1, -0.05) is 17.9 Å². The lowest BCUT2D eigenvalue weighted by molar-refractivity contribution is 0.935. The molecule has 0 atom stereocenters. The Morgan fingerprint density at radius 1 is 1.25 bits per heavy atom. The third-order valence-electron chi connectivity index (χ3n) is 1.99. The van der Waals surface area contributed by atoms with E-state index in [9.17, 15) is 0 Å². The topological polar surface area (TPSA) is 43.1 Å². The average Bonchev–Trinajstić information content (AvgIpc) is 2.97. The Labute approximate surface area is 95.6 Å². The summed E-state index contributed by atoms with van der Waals surface area (Å²) >= 11 is 1.62. The Kier molecular flexibility index (Phi) is 2.13. The van der Waals surface area contributed by atoms with E-state index in [1.54, 1.807) is 22.0 Å². The van der Waals surface area contributed by atoms with Crippen molar-refractivity contribution in [3.05, 3.63) is 46.7 Å². The Bertz CT molecular complexity index is 673. The van der Waals surface area contributed by atoms with Gasteiger partial charge in [0, 0.05) is 12.4 Å². The molecule has 0 saturated heterocycles. The van der Waals surface area contributed by atoms with E-state index in [-0.39, 0.29) is 0 Å². The zero-order valence-corrected chi connectivity index (χ0v) is 8.98. The third kappa shape index (κ3) is 1.66. The highest BCUT2D eigenvalue weighted by atomic mass is 32.1. The largest absolute Gasteiger partial charge is 0.252 e. The van der Waals surface area contributed by atoms with E-state index in [0.717, 1.165) is 10.4 Å². The fraction of sp³-hybridized carbons (Fsp3) is 0. The molecule has 0 aliphatic heterocycles. The maximum Gasteiger partial charge on any atom is 0.252 e. The summed E-state index contributed by atoms with van der Waals surface area (Å²) in [5, 5.41) is 6.01. The average molecular weight is 226 g/mol. The minimum Gasteiger partial charge on any atom is -0.218 e. The molecular formula is C11H6N4S. The van der Waals surface area contributed by atoms with Crippen molar-refractivity contribution in [2.24, 2.45) is 0 Å². The fourth-order valence-electron chi connectivity index (χ4n) is 1.27. The minimum absolute atomic E-state index is 0.585. The molecule has 0 saturated carbocycles. The van der Waals surface area contributed by atoms with Crippen LogP contribution in [-0.4, -0.2) is 19.6 Å². The number of fused-ring (bicyclic) bond motifs is 1. The third-order valence-corrected chi connectivity index (χ3v) is 2.77. The van der Waals surface area contributed by atoms with Crippen LogP contribution in [0.4, 0.5) is 0 Å². The summed E-state index contributed by atoms with van der Waals surface area (Å²) in [4.78, 5) is 9.14. The van der Waals surface area contributed by atoms with Gasteiger partial charge in [0.25, 0.3) is 5.78 Å². The number of hydrogen-bond acceptors (Lipinski definition) is 4. The summed E-state index contributed by atoms with van der Waals surface area (Å²) in [7, 11) is 0. The zero-order valence-electron chi connectivity index (χ0n) is 8.16. The van der Waals surface area contributed by atoms with Crippen LogP contribution in [0.3, 0.4) is 0 Å². The Balaban J connectivity index is 2.00. The predicted molar refractivity (Wildman–Crippen MR) is 61.1 cm³/mol. The highest BCUT2D eigenvalue weighted by Crippen LogP contribution is 2.06. The van der Waals surface area contributed by atoms with Crippen molar-refractivity contribution in [1.82, 2.24) is 19.6 Å². The molecule has 0 fully saturated rings. The van der Waals surface area contributed by atoms with Gasteiger partial charge in [0.2, 0.25) is 0 Å². The van der Waals surface area contributed by atoms with Gasteiger partial charge in [0.1, 0.15) is 6.33 Å². The molecule has 4 nitrogen and oxygen atoms in total. The SMILES string of the molecule is C(#Cc1cccs1)c1cnc2ncnn2c1. The second-order valence-corrected chi connectivity index (χ2v) is 4.02. The maximum atomic E-state index is 4.13. The molecule has 5 heteroatoms. The zero-order chi connectivity index (χ0) is 10.8. The normalized spacial score (nSPS) is 10.0. The summed E-state index contributed by atoms with van der Waals surface area (Å²) in [6, 6.07) is 3.96. The molecular weight excluding hydrogens is 220 g/mol. The summed E-state index contributed by atoms with van der Waals surface area (Å²) in [6.45, 7) is 0. The van der Waals surface area contributed by atoms with Crippen LogP contribution in [0.5, 0.6) is 0 Å². The first kappa shape index (κ1) is 9.07. The van der Waals surface area contributed by atoms with Crippen LogP contribution >= 0.6 is 11.3 Å². The van der Waals surface area contributed by atoms with Crippen LogP contribution in [0.25, 0.3) is 5.78 Å². The molecule has 0 aliphatic carbocycles. The number of hydrogen-bond donors (Lipinski definition) is 0. The van der Waals surface area contributed by atoms with Crippen LogP contribution < -0.4 is 0 Å². The van der Waals surface area contributed by atoms with Crippen molar-refractivity contribution in [2.45, 2.75) is 0 Å². The van der Waals surface area contributed by atoms with Crippen LogP contribution in [-0.2, 0) is 0 Å². The van der Waals surface area contributed by atoms with Gasteiger partial charge in [-0.25, -0.2) is 9.50 Å². The molecule has 0 radical (unpaired) electrons. The van der Waals surface area contributed by atoms with Crippen LogP contribution in [0.2, 0.25) is 0 Å². The lowest BCUT2D eigenvalue weighted by Gasteiger charge is -1.90. The van der Waals surface area contributed by atoms with Crippen molar-refractivity contribution in [3.8, 4) is 11.8 Å². The lowest BCUT2D eigenvalue weighted by atomic mass is 10.3. The maximum absolute atomic E-state index is 4.13. The van der Waals surface area contributed by atoms with Crippen molar-refractivity contribution < 1.29 is 0 Å². The number of rotatable bonds is 0.